The van der Waals surface area contributed by atoms with E-state index in [0.29, 0.717) is 12.3 Å². The van der Waals surface area contributed by atoms with Gasteiger partial charge in [-0.1, -0.05) is 30.2 Å². The molecule has 98 valence electrons. The maximum atomic E-state index is 13.4. The predicted octanol–water partition coefficient (Wildman–Crippen LogP) is 2.90. The number of nitrogens with two attached hydrogens (primary N) is 1. The first-order valence-electron chi connectivity index (χ1n) is 6.61. The third-order valence-electron chi connectivity index (χ3n) is 4.62. The van der Waals surface area contributed by atoms with Crippen molar-refractivity contribution in [3.8, 4) is 0 Å². The highest BCUT2D eigenvalue weighted by Gasteiger charge is 2.55. The summed E-state index contributed by atoms with van der Waals surface area (Å²) in [6.45, 7) is 0. The molecular formula is C14H18ClFN2. The molecule has 3 atom stereocenters. The fourth-order valence-corrected chi connectivity index (χ4v) is 3.93. The smallest absolute Gasteiger partial charge is 0.142 e. The van der Waals surface area contributed by atoms with Gasteiger partial charge in [-0.2, -0.15) is 0 Å². The standard InChI is InChI=1S/C14H18ClFN2/c15-14-8(3-1-6-11(14)16)7-12(18-17)13-9-4-2-5-10(9)13/h1,3,6,9-10,12-13,18H,2,4-5,7,17H2. The zero-order valence-corrected chi connectivity index (χ0v) is 11.0. The Morgan fingerprint density at radius 2 is 2.11 bits per heavy atom. The summed E-state index contributed by atoms with van der Waals surface area (Å²) in [6.07, 6.45) is 4.71. The normalized spacial score (nSPS) is 31.2. The average molecular weight is 269 g/mol. The number of fused-ring (bicyclic) bond motifs is 1. The molecule has 0 amide bonds. The molecule has 2 saturated carbocycles. The zero-order chi connectivity index (χ0) is 12.7. The van der Waals surface area contributed by atoms with Crippen LogP contribution in [-0.2, 0) is 6.42 Å². The number of nitrogens with one attached hydrogen (secondary N) is 1. The molecule has 0 bridgehead atoms. The van der Waals surface area contributed by atoms with E-state index in [9.17, 15) is 4.39 Å². The molecule has 0 aliphatic heterocycles. The highest BCUT2D eigenvalue weighted by Crippen LogP contribution is 2.59. The van der Waals surface area contributed by atoms with Crippen LogP contribution in [0.5, 0.6) is 0 Å². The Labute approximate surface area is 112 Å². The van der Waals surface area contributed by atoms with Gasteiger partial charge in [-0.05, 0) is 48.6 Å². The molecule has 1 aromatic rings. The van der Waals surface area contributed by atoms with E-state index in [1.165, 1.54) is 25.3 Å². The monoisotopic (exact) mass is 268 g/mol. The van der Waals surface area contributed by atoms with Crippen LogP contribution in [0.2, 0.25) is 5.02 Å². The van der Waals surface area contributed by atoms with Gasteiger partial charge in [0, 0.05) is 6.04 Å². The van der Waals surface area contributed by atoms with Crippen LogP contribution in [0.1, 0.15) is 24.8 Å². The van der Waals surface area contributed by atoms with Crippen molar-refractivity contribution in [2.24, 2.45) is 23.6 Å². The number of rotatable bonds is 4. The lowest BCUT2D eigenvalue weighted by molar-refractivity contribution is 0.409. The van der Waals surface area contributed by atoms with Gasteiger partial charge in [0.1, 0.15) is 5.82 Å². The van der Waals surface area contributed by atoms with E-state index >= 15 is 0 Å². The van der Waals surface area contributed by atoms with E-state index in [1.807, 2.05) is 6.07 Å². The van der Waals surface area contributed by atoms with Crippen molar-refractivity contribution in [3.63, 3.8) is 0 Å². The van der Waals surface area contributed by atoms with Crippen LogP contribution in [0, 0.1) is 23.6 Å². The second-order valence-corrected chi connectivity index (χ2v) is 5.90. The zero-order valence-electron chi connectivity index (χ0n) is 10.2. The molecule has 0 saturated heterocycles. The number of benzene rings is 1. The molecular weight excluding hydrogens is 251 g/mol. The summed E-state index contributed by atoms with van der Waals surface area (Å²) in [5, 5.41) is 0.239. The van der Waals surface area contributed by atoms with Crippen molar-refractivity contribution in [2.45, 2.75) is 31.7 Å². The van der Waals surface area contributed by atoms with Crippen molar-refractivity contribution in [2.75, 3.05) is 0 Å². The van der Waals surface area contributed by atoms with Gasteiger partial charge in [0.25, 0.3) is 0 Å². The lowest BCUT2D eigenvalue weighted by atomic mass is 9.97. The van der Waals surface area contributed by atoms with Gasteiger partial charge < -0.3 is 0 Å². The molecule has 18 heavy (non-hydrogen) atoms. The quantitative estimate of drug-likeness (QED) is 0.651. The van der Waals surface area contributed by atoms with Gasteiger partial charge in [-0.25, -0.2) is 4.39 Å². The first kappa shape index (κ1) is 12.4. The minimum Gasteiger partial charge on any atom is -0.271 e. The fourth-order valence-electron chi connectivity index (χ4n) is 3.72. The summed E-state index contributed by atoms with van der Waals surface area (Å²) in [5.74, 6) is 7.64. The van der Waals surface area contributed by atoms with Crippen molar-refractivity contribution < 1.29 is 4.39 Å². The lowest BCUT2D eigenvalue weighted by Crippen LogP contribution is -2.39. The Kier molecular flexibility index (Phi) is 3.31. The highest BCUT2D eigenvalue weighted by atomic mass is 35.5. The third kappa shape index (κ3) is 2.04. The van der Waals surface area contributed by atoms with Gasteiger partial charge in [-0.15, -0.1) is 0 Å². The number of hydrogen-bond donors (Lipinski definition) is 2. The van der Waals surface area contributed by atoms with E-state index in [-0.39, 0.29) is 16.9 Å². The van der Waals surface area contributed by atoms with E-state index in [1.54, 1.807) is 6.07 Å². The lowest BCUT2D eigenvalue weighted by Gasteiger charge is -2.18. The van der Waals surface area contributed by atoms with Crippen LogP contribution < -0.4 is 11.3 Å². The Bertz CT molecular complexity index is 441. The van der Waals surface area contributed by atoms with Crippen LogP contribution in [0.15, 0.2) is 18.2 Å². The van der Waals surface area contributed by atoms with E-state index in [2.05, 4.69) is 5.43 Å². The summed E-state index contributed by atoms with van der Waals surface area (Å²) in [6, 6.07) is 5.20. The summed E-state index contributed by atoms with van der Waals surface area (Å²) in [4.78, 5) is 0. The Morgan fingerprint density at radius 3 is 2.78 bits per heavy atom. The number of hydrazine groups is 1. The molecule has 4 heteroatoms. The number of halogens is 2. The molecule has 0 radical (unpaired) electrons. The van der Waals surface area contributed by atoms with Crippen LogP contribution in [-0.4, -0.2) is 6.04 Å². The maximum absolute atomic E-state index is 13.4. The molecule has 0 heterocycles. The van der Waals surface area contributed by atoms with Crippen LogP contribution in [0.4, 0.5) is 4.39 Å². The first-order valence-corrected chi connectivity index (χ1v) is 6.99. The molecule has 0 aromatic heterocycles. The topological polar surface area (TPSA) is 38.0 Å². The molecule has 2 fully saturated rings. The van der Waals surface area contributed by atoms with Gasteiger partial charge in [0.2, 0.25) is 0 Å². The van der Waals surface area contributed by atoms with Crippen LogP contribution >= 0.6 is 11.6 Å². The van der Waals surface area contributed by atoms with E-state index in [0.717, 1.165) is 17.4 Å². The molecule has 0 spiro atoms. The molecule has 3 rings (SSSR count). The molecule has 2 aliphatic rings. The fraction of sp³-hybridized carbons (Fsp3) is 0.571. The van der Waals surface area contributed by atoms with Gasteiger partial charge in [0.15, 0.2) is 0 Å². The second kappa shape index (κ2) is 4.80. The predicted molar refractivity (Wildman–Crippen MR) is 70.5 cm³/mol. The summed E-state index contributed by atoms with van der Waals surface area (Å²) >= 11 is 6.00. The summed E-state index contributed by atoms with van der Waals surface area (Å²) in [5.41, 5.74) is 3.76. The number of hydrogen-bond acceptors (Lipinski definition) is 2. The first-order chi connectivity index (χ1) is 8.72. The Balaban J connectivity index is 1.72. The van der Waals surface area contributed by atoms with Crippen LogP contribution in [0.25, 0.3) is 0 Å². The van der Waals surface area contributed by atoms with Crippen LogP contribution in [0.3, 0.4) is 0 Å². The Hall–Kier alpha value is -0.640. The highest BCUT2D eigenvalue weighted by molar-refractivity contribution is 6.31. The van der Waals surface area contributed by atoms with Gasteiger partial charge in [-0.3, -0.25) is 11.3 Å². The molecule has 3 N–H and O–H groups in total. The van der Waals surface area contributed by atoms with Crippen molar-refractivity contribution >= 4 is 11.6 Å². The molecule has 2 nitrogen and oxygen atoms in total. The Morgan fingerprint density at radius 1 is 1.39 bits per heavy atom. The molecule has 1 aromatic carbocycles. The minimum atomic E-state index is -0.346. The molecule has 3 unspecified atom stereocenters. The van der Waals surface area contributed by atoms with Crippen molar-refractivity contribution in [1.82, 2.24) is 5.43 Å². The van der Waals surface area contributed by atoms with Crippen molar-refractivity contribution in [3.05, 3.63) is 34.6 Å². The minimum absolute atomic E-state index is 0.222. The van der Waals surface area contributed by atoms with Gasteiger partial charge >= 0.3 is 0 Å². The van der Waals surface area contributed by atoms with Crippen molar-refractivity contribution in [1.29, 1.82) is 0 Å². The van der Waals surface area contributed by atoms with E-state index in [4.69, 9.17) is 17.4 Å². The summed E-state index contributed by atoms with van der Waals surface area (Å²) in [7, 11) is 0. The third-order valence-corrected chi connectivity index (χ3v) is 5.05. The average Bonchev–Trinajstić information content (AvgIpc) is 2.84. The summed E-state index contributed by atoms with van der Waals surface area (Å²) < 4.78 is 13.4. The van der Waals surface area contributed by atoms with E-state index < -0.39 is 0 Å². The largest absolute Gasteiger partial charge is 0.271 e. The maximum Gasteiger partial charge on any atom is 0.142 e. The SMILES string of the molecule is NNC(Cc1cccc(F)c1Cl)C1C2CCCC21. The second-order valence-electron chi connectivity index (χ2n) is 5.53. The van der Waals surface area contributed by atoms with Gasteiger partial charge in [0.05, 0.1) is 5.02 Å². The molecule has 2 aliphatic carbocycles.